The molecule has 116 valence electrons. The predicted molar refractivity (Wildman–Crippen MR) is 88.0 cm³/mol. The zero-order chi connectivity index (χ0) is 14.7. The van der Waals surface area contributed by atoms with Crippen molar-refractivity contribution in [1.29, 1.82) is 0 Å². The van der Waals surface area contributed by atoms with E-state index >= 15 is 0 Å². The molecule has 1 aromatic carbocycles. The molecule has 3 unspecified atom stereocenters. The molecule has 1 aromatic rings. The molecular formula is C17H25NO2S. The van der Waals surface area contributed by atoms with Crippen molar-refractivity contribution in [3.8, 4) is 5.75 Å². The zero-order valence-corrected chi connectivity index (χ0v) is 13.5. The highest BCUT2D eigenvalue weighted by Gasteiger charge is 2.41. The van der Waals surface area contributed by atoms with Crippen LogP contribution in [0.1, 0.15) is 24.8 Å². The van der Waals surface area contributed by atoms with Crippen LogP contribution in [0, 0.1) is 5.92 Å². The Bertz CT molecular complexity index is 456. The molecule has 2 fully saturated rings. The summed E-state index contributed by atoms with van der Waals surface area (Å²) in [5.74, 6) is 3.87. The third-order valence-electron chi connectivity index (χ3n) is 4.83. The van der Waals surface area contributed by atoms with Gasteiger partial charge in [0.25, 0.3) is 0 Å². The highest BCUT2D eigenvalue weighted by atomic mass is 32.2. The average Bonchev–Trinajstić information content (AvgIpc) is 2.96. The van der Waals surface area contributed by atoms with E-state index in [9.17, 15) is 0 Å². The molecule has 3 nitrogen and oxygen atoms in total. The Morgan fingerprint density at radius 3 is 2.90 bits per heavy atom. The highest BCUT2D eigenvalue weighted by molar-refractivity contribution is 7.99. The molecule has 2 aliphatic heterocycles. The molecule has 0 amide bonds. The number of hydrogen-bond donors (Lipinski definition) is 1. The quantitative estimate of drug-likeness (QED) is 0.929. The number of hydrogen-bond acceptors (Lipinski definition) is 4. The fourth-order valence-corrected chi connectivity index (χ4v) is 4.87. The van der Waals surface area contributed by atoms with Crippen LogP contribution in [0.4, 0.5) is 0 Å². The highest BCUT2D eigenvalue weighted by Crippen LogP contribution is 2.41. The summed E-state index contributed by atoms with van der Waals surface area (Å²) in [4.78, 5) is 0. The van der Waals surface area contributed by atoms with Crippen molar-refractivity contribution in [3.05, 3.63) is 29.8 Å². The molecule has 2 aliphatic rings. The van der Waals surface area contributed by atoms with Crippen LogP contribution >= 0.6 is 11.8 Å². The SMILES string of the molecule is COc1ccc(CC(N)C2CCOC3(CCSC3)C2)cc1. The Morgan fingerprint density at radius 2 is 2.24 bits per heavy atom. The fourth-order valence-electron chi connectivity index (χ4n) is 3.49. The number of methoxy groups -OCH3 is 1. The molecule has 0 bridgehead atoms. The molecule has 4 heteroatoms. The minimum absolute atomic E-state index is 0.130. The lowest BCUT2D eigenvalue weighted by Crippen LogP contribution is -2.46. The van der Waals surface area contributed by atoms with Crippen LogP contribution in [0.3, 0.4) is 0 Å². The van der Waals surface area contributed by atoms with Gasteiger partial charge in [-0.05, 0) is 55.1 Å². The van der Waals surface area contributed by atoms with Gasteiger partial charge in [0.2, 0.25) is 0 Å². The Kier molecular flexibility index (Phi) is 4.77. The van der Waals surface area contributed by atoms with Crippen LogP contribution < -0.4 is 10.5 Å². The number of thioether (sulfide) groups is 1. The van der Waals surface area contributed by atoms with Crippen molar-refractivity contribution < 1.29 is 9.47 Å². The third kappa shape index (κ3) is 3.55. The van der Waals surface area contributed by atoms with Crippen molar-refractivity contribution >= 4 is 11.8 Å². The van der Waals surface area contributed by atoms with Crippen molar-refractivity contribution in [2.45, 2.75) is 37.3 Å². The van der Waals surface area contributed by atoms with E-state index in [-0.39, 0.29) is 11.6 Å². The Balaban J connectivity index is 1.60. The molecule has 1 spiro atoms. The van der Waals surface area contributed by atoms with Crippen LogP contribution in [-0.4, -0.2) is 36.9 Å². The Morgan fingerprint density at radius 1 is 1.43 bits per heavy atom. The van der Waals surface area contributed by atoms with Crippen molar-refractivity contribution in [2.24, 2.45) is 11.7 Å². The average molecular weight is 307 g/mol. The number of ether oxygens (including phenoxy) is 2. The first kappa shape index (κ1) is 15.2. The van der Waals surface area contributed by atoms with Gasteiger partial charge in [-0.3, -0.25) is 0 Å². The molecule has 21 heavy (non-hydrogen) atoms. The Hall–Kier alpha value is -0.710. The summed E-state index contributed by atoms with van der Waals surface area (Å²) in [6.45, 7) is 0.877. The molecule has 2 saturated heterocycles. The van der Waals surface area contributed by atoms with Crippen molar-refractivity contribution in [3.63, 3.8) is 0 Å². The van der Waals surface area contributed by atoms with E-state index < -0.39 is 0 Å². The standard InChI is InChI=1S/C17H25NO2S/c1-19-15-4-2-13(3-5-15)10-16(18)14-6-8-20-17(11-14)7-9-21-12-17/h2-5,14,16H,6-12,18H2,1H3. The van der Waals surface area contributed by atoms with Gasteiger partial charge in [0, 0.05) is 18.4 Å². The largest absolute Gasteiger partial charge is 0.497 e. The summed E-state index contributed by atoms with van der Waals surface area (Å²) in [6, 6.07) is 8.51. The van der Waals surface area contributed by atoms with E-state index in [1.165, 1.54) is 17.7 Å². The molecule has 2 N–H and O–H groups in total. The summed E-state index contributed by atoms with van der Waals surface area (Å²) < 4.78 is 11.3. The molecule has 0 saturated carbocycles. The summed E-state index contributed by atoms with van der Waals surface area (Å²) in [7, 11) is 1.70. The van der Waals surface area contributed by atoms with Crippen LogP contribution in [0.15, 0.2) is 24.3 Å². The number of nitrogens with two attached hydrogens (primary N) is 1. The number of rotatable bonds is 4. The number of benzene rings is 1. The molecule has 3 rings (SSSR count). The minimum atomic E-state index is 0.130. The van der Waals surface area contributed by atoms with E-state index in [1.807, 2.05) is 23.9 Å². The smallest absolute Gasteiger partial charge is 0.118 e. The van der Waals surface area contributed by atoms with E-state index in [0.29, 0.717) is 5.92 Å². The first-order valence-electron chi connectivity index (χ1n) is 7.81. The molecule has 3 atom stereocenters. The summed E-state index contributed by atoms with van der Waals surface area (Å²) in [5.41, 5.74) is 7.93. The molecule has 0 aliphatic carbocycles. The van der Waals surface area contributed by atoms with Gasteiger partial charge in [-0.15, -0.1) is 0 Å². The van der Waals surface area contributed by atoms with Crippen LogP contribution in [-0.2, 0) is 11.2 Å². The van der Waals surface area contributed by atoms with E-state index in [1.54, 1.807) is 7.11 Å². The van der Waals surface area contributed by atoms with E-state index in [0.717, 1.165) is 37.4 Å². The topological polar surface area (TPSA) is 44.5 Å². The first-order valence-corrected chi connectivity index (χ1v) is 8.96. The molecule has 0 aromatic heterocycles. The maximum Gasteiger partial charge on any atom is 0.118 e. The predicted octanol–water partition coefficient (Wildman–Crippen LogP) is 2.87. The van der Waals surface area contributed by atoms with Gasteiger partial charge in [0.15, 0.2) is 0 Å². The van der Waals surface area contributed by atoms with Gasteiger partial charge in [-0.1, -0.05) is 12.1 Å². The van der Waals surface area contributed by atoms with Crippen molar-refractivity contribution in [1.82, 2.24) is 0 Å². The maximum atomic E-state index is 6.51. The van der Waals surface area contributed by atoms with Gasteiger partial charge in [-0.2, -0.15) is 11.8 Å². The van der Waals surface area contributed by atoms with E-state index in [4.69, 9.17) is 15.2 Å². The second-order valence-corrected chi connectivity index (χ2v) is 7.41. The van der Waals surface area contributed by atoms with Crippen molar-refractivity contribution in [2.75, 3.05) is 25.2 Å². The second kappa shape index (κ2) is 6.59. The summed E-state index contributed by atoms with van der Waals surface area (Å²) >= 11 is 2.02. The van der Waals surface area contributed by atoms with Crippen LogP contribution in [0.25, 0.3) is 0 Å². The molecular weight excluding hydrogens is 282 g/mol. The summed E-state index contributed by atoms with van der Waals surface area (Å²) in [5, 5.41) is 0. The second-order valence-electron chi connectivity index (χ2n) is 6.30. The van der Waals surface area contributed by atoms with Gasteiger partial charge in [-0.25, -0.2) is 0 Å². The third-order valence-corrected chi connectivity index (χ3v) is 6.06. The lowest BCUT2D eigenvalue weighted by molar-refractivity contribution is -0.0831. The lowest BCUT2D eigenvalue weighted by atomic mass is 9.80. The van der Waals surface area contributed by atoms with E-state index in [2.05, 4.69) is 12.1 Å². The monoisotopic (exact) mass is 307 g/mol. The fraction of sp³-hybridized carbons (Fsp3) is 0.647. The van der Waals surface area contributed by atoms with Gasteiger partial charge < -0.3 is 15.2 Å². The zero-order valence-electron chi connectivity index (χ0n) is 12.7. The van der Waals surface area contributed by atoms with Crippen LogP contribution in [0.5, 0.6) is 5.75 Å². The van der Waals surface area contributed by atoms with Gasteiger partial charge in [0.05, 0.1) is 12.7 Å². The van der Waals surface area contributed by atoms with Gasteiger partial charge in [0.1, 0.15) is 5.75 Å². The van der Waals surface area contributed by atoms with Crippen LogP contribution in [0.2, 0.25) is 0 Å². The molecule has 2 heterocycles. The molecule has 0 radical (unpaired) electrons. The summed E-state index contributed by atoms with van der Waals surface area (Å²) in [6.07, 6.45) is 4.38. The lowest BCUT2D eigenvalue weighted by Gasteiger charge is -2.40. The Labute approximate surface area is 131 Å². The minimum Gasteiger partial charge on any atom is -0.497 e. The maximum absolute atomic E-state index is 6.51. The van der Waals surface area contributed by atoms with Gasteiger partial charge >= 0.3 is 0 Å². The first-order chi connectivity index (χ1) is 10.2. The normalized spacial score (nSPS) is 30.5.